The van der Waals surface area contributed by atoms with Crippen molar-refractivity contribution in [1.29, 1.82) is 0 Å². The highest BCUT2D eigenvalue weighted by molar-refractivity contribution is 5.94. The summed E-state index contributed by atoms with van der Waals surface area (Å²) >= 11 is 0. The van der Waals surface area contributed by atoms with Gasteiger partial charge >= 0.3 is 5.69 Å². The van der Waals surface area contributed by atoms with Gasteiger partial charge in [-0.3, -0.25) is 15.1 Å². The molecule has 9 nitrogen and oxygen atoms in total. The summed E-state index contributed by atoms with van der Waals surface area (Å²) in [5.41, 5.74) is 2.63. The second-order valence-corrected chi connectivity index (χ2v) is 6.68. The van der Waals surface area contributed by atoms with E-state index >= 15 is 0 Å². The van der Waals surface area contributed by atoms with Crippen molar-refractivity contribution >= 4 is 39.6 Å². The Balaban J connectivity index is 1.75. The molecule has 0 amide bonds. The van der Waals surface area contributed by atoms with E-state index in [-0.39, 0.29) is 17.3 Å². The third-order valence-electron chi connectivity index (χ3n) is 4.57. The molecular formula is C22H20N6O3. The van der Waals surface area contributed by atoms with E-state index in [1.165, 1.54) is 6.33 Å². The molecule has 0 spiro atoms. The number of aromatic nitrogens is 3. The summed E-state index contributed by atoms with van der Waals surface area (Å²) in [6.45, 7) is 4.24. The quantitative estimate of drug-likeness (QED) is 0.315. The average Bonchev–Trinajstić information content (AvgIpc) is 2.75. The van der Waals surface area contributed by atoms with Gasteiger partial charge in [-0.25, -0.2) is 9.97 Å². The van der Waals surface area contributed by atoms with Crippen LogP contribution in [0.5, 0.6) is 5.75 Å². The molecule has 4 aromatic rings. The number of para-hydroxylation sites is 2. The Kier molecular flexibility index (Phi) is 5.57. The highest BCUT2D eigenvalue weighted by Crippen LogP contribution is 2.36. The van der Waals surface area contributed by atoms with Gasteiger partial charge in [0.1, 0.15) is 12.1 Å². The molecule has 2 heterocycles. The van der Waals surface area contributed by atoms with Crippen LogP contribution in [0.2, 0.25) is 0 Å². The number of ether oxygens (including phenoxy) is 1. The SMILES string of the molecule is CCOc1ccccc1Nc1ncnc(Nc2cccc3nc(C)ccc23)c1[N+](=O)[O-]. The zero-order valence-corrected chi connectivity index (χ0v) is 17.0. The molecule has 2 N–H and O–H groups in total. The van der Waals surface area contributed by atoms with E-state index in [1.807, 2.05) is 56.3 Å². The van der Waals surface area contributed by atoms with Crippen molar-refractivity contribution in [2.45, 2.75) is 13.8 Å². The Hall–Kier alpha value is -4.27. The van der Waals surface area contributed by atoms with Gasteiger partial charge in [0.2, 0.25) is 11.6 Å². The van der Waals surface area contributed by atoms with Gasteiger partial charge in [-0.05, 0) is 50.2 Å². The maximum atomic E-state index is 11.9. The van der Waals surface area contributed by atoms with Gasteiger partial charge in [0.05, 0.1) is 22.7 Å². The zero-order valence-electron chi connectivity index (χ0n) is 17.0. The van der Waals surface area contributed by atoms with Crippen LogP contribution in [0.1, 0.15) is 12.6 Å². The van der Waals surface area contributed by atoms with Crippen molar-refractivity contribution in [3.63, 3.8) is 0 Å². The predicted molar refractivity (Wildman–Crippen MR) is 119 cm³/mol. The first kappa shape index (κ1) is 20.0. The van der Waals surface area contributed by atoms with E-state index in [4.69, 9.17) is 4.74 Å². The lowest BCUT2D eigenvalue weighted by Gasteiger charge is -2.13. The summed E-state index contributed by atoms with van der Waals surface area (Å²) < 4.78 is 5.59. The first-order valence-electron chi connectivity index (χ1n) is 9.68. The minimum absolute atomic E-state index is 0.0591. The average molecular weight is 416 g/mol. The summed E-state index contributed by atoms with van der Waals surface area (Å²) in [5.74, 6) is 0.705. The number of nitrogens with zero attached hydrogens (tertiary/aromatic N) is 4. The summed E-state index contributed by atoms with van der Waals surface area (Å²) in [4.78, 5) is 24.2. The van der Waals surface area contributed by atoms with E-state index in [0.717, 1.165) is 16.6 Å². The van der Waals surface area contributed by atoms with Crippen LogP contribution in [0, 0.1) is 17.0 Å². The van der Waals surface area contributed by atoms with Crippen LogP contribution < -0.4 is 15.4 Å². The highest BCUT2D eigenvalue weighted by atomic mass is 16.6. The summed E-state index contributed by atoms with van der Waals surface area (Å²) in [6.07, 6.45) is 1.27. The smallest absolute Gasteiger partial charge is 0.353 e. The number of rotatable bonds is 7. The van der Waals surface area contributed by atoms with Crippen LogP contribution >= 0.6 is 0 Å². The van der Waals surface area contributed by atoms with E-state index in [2.05, 4.69) is 25.6 Å². The predicted octanol–water partition coefficient (Wildman–Crippen LogP) is 5.13. The van der Waals surface area contributed by atoms with Gasteiger partial charge < -0.3 is 15.4 Å². The fourth-order valence-corrected chi connectivity index (χ4v) is 3.21. The molecule has 0 atom stereocenters. The molecule has 0 saturated carbocycles. The van der Waals surface area contributed by atoms with Crippen LogP contribution in [-0.4, -0.2) is 26.5 Å². The molecular weight excluding hydrogens is 396 g/mol. The van der Waals surface area contributed by atoms with E-state index in [0.29, 0.717) is 23.7 Å². The first-order chi connectivity index (χ1) is 15.1. The Morgan fingerprint density at radius 1 is 0.968 bits per heavy atom. The van der Waals surface area contributed by atoms with Crippen LogP contribution in [0.3, 0.4) is 0 Å². The van der Waals surface area contributed by atoms with Gasteiger partial charge in [-0.2, -0.15) is 0 Å². The van der Waals surface area contributed by atoms with Crippen molar-refractivity contribution in [2.24, 2.45) is 0 Å². The van der Waals surface area contributed by atoms with Crippen molar-refractivity contribution in [2.75, 3.05) is 17.2 Å². The summed E-state index contributed by atoms with van der Waals surface area (Å²) in [5, 5.41) is 18.9. The van der Waals surface area contributed by atoms with Crippen molar-refractivity contribution in [3.05, 3.63) is 76.7 Å². The Morgan fingerprint density at radius 3 is 2.42 bits per heavy atom. The van der Waals surface area contributed by atoms with E-state index < -0.39 is 4.92 Å². The largest absolute Gasteiger partial charge is 0.492 e. The number of benzene rings is 2. The van der Waals surface area contributed by atoms with Crippen LogP contribution in [0.15, 0.2) is 60.9 Å². The molecule has 2 aromatic heterocycles. The lowest BCUT2D eigenvalue weighted by atomic mass is 10.1. The van der Waals surface area contributed by atoms with Gasteiger partial charge in [-0.15, -0.1) is 0 Å². The highest BCUT2D eigenvalue weighted by Gasteiger charge is 2.24. The number of aryl methyl sites for hydroxylation is 1. The summed E-state index contributed by atoms with van der Waals surface area (Å²) in [6, 6.07) is 16.5. The zero-order chi connectivity index (χ0) is 21.8. The molecule has 0 aliphatic carbocycles. The monoisotopic (exact) mass is 416 g/mol. The van der Waals surface area contributed by atoms with Gasteiger partial charge in [0, 0.05) is 16.8 Å². The number of hydrogen-bond donors (Lipinski definition) is 2. The first-order valence-corrected chi connectivity index (χ1v) is 9.68. The van der Waals surface area contributed by atoms with Gasteiger partial charge in [0.25, 0.3) is 0 Å². The number of anilines is 4. The molecule has 0 unspecified atom stereocenters. The standard InChI is InChI=1S/C22H20N6O3/c1-3-31-19-10-5-4-7-18(19)27-22-20(28(29)30)21(23-13-24-22)26-17-9-6-8-16-15(17)12-11-14(2)25-16/h4-13H,3H2,1-2H3,(H2,23,24,26,27). The molecule has 0 fully saturated rings. The third kappa shape index (κ3) is 4.20. The molecule has 31 heavy (non-hydrogen) atoms. The maximum absolute atomic E-state index is 11.9. The fraction of sp³-hybridized carbons (Fsp3) is 0.136. The van der Waals surface area contributed by atoms with Crippen molar-refractivity contribution < 1.29 is 9.66 Å². The van der Waals surface area contributed by atoms with E-state index in [1.54, 1.807) is 12.1 Å². The van der Waals surface area contributed by atoms with Gasteiger partial charge in [0.15, 0.2) is 0 Å². The molecule has 2 aromatic carbocycles. The molecule has 0 bridgehead atoms. The molecule has 0 saturated heterocycles. The number of hydrogen-bond acceptors (Lipinski definition) is 8. The third-order valence-corrected chi connectivity index (χ3v) is 4.57. The van der Waals surface area contributed by atoms with Crippen molar-refractivity contribution in [1.82, 2.24) is 15.0 Å². The number of nitrogens with one attached hydrogen (secondary N) is 2. The Labute approximate surface area is 178 Å². The lowest BCUT2D eigenvalue weighted by molar-refractivity contribution is -0.383. The number of fused-ring (bicyclic) bond motifs is 1. The van der Waals surface area contributed by atoms with Crippen LogP contribution in [0.25, 0.3) is 10.9 Å². The lowest BCUT2D eigenvalue weighted by Crippen LogP contribution is -2.06. The second kappa shape index (κ2) is 8.62. The molecule has 4 rings (SSSR count). The van der Waals surface area contributed by atoms with Crippen LogP contribution in [-0.2, 0) is 0 Å². The minimum Gasteiger partial charge on any atom is -0.492 e. The molecule has 0 aliphatic heterocycles. The van der Waals surface area contributed by atoms with Gasteiger partial charge in [-0.1, -0.05) is 18.2 Å². The van der Waals surface area contributed by atoms with E-state index in [9.17, 15) is 10.1 Å². The summed E-state index contributed by atoms with van der Waals surface area (Å²) in [7, 11) is 0. The molecule has 9 heteroatoms. The molecule has 156 valence electrons. The minimum atomic E-state index is -0.512. The number of pyridine rings is 1. The molecule has 0 radical (unpaired) electrons. The normalized spacial score (nSPS) is 10.6. The maximum Gasteiger partial charge on any atom is 0.353 e. The Bertz CT molecular complexity index is 1260. The van der Waals surface area contributed by atoms with Crippen LogP contribution in [0.4, 0.5) is 28.7 Å². The molecule has 0 aliphatic rings. The Morgan fingerprint density at radius 2 is 1.68 bits per heavy atom. The second-order valence-electron chi connectivity index (χ2n) is 6.68. The topological polar surface area (TPSA) is 115 Å². The fourth-order valence-electron chi connectivity index (χ4n) is 3.21. The van der Waals surface area contributed by atoms with Crippen molar-refractivity contribution in [3.8, 4) is 5.75 Å². The number of nitro groups is 1.